The molecule has 0 spiro atoms. The number of hydrogen-bond donors (Lipinski definition) is 1. The highest BCUT2D eigenvalue weighted by Crippen LogP contribution is 2.34. The number of methoxy groups -OCH3 is 1. The van der Waals surface area contributed by atoms with Gasteiger partial charge in [0, 0.05) is 5.69 Å². The Hall–Kier alpha value is -4.04. The van der Waals surface area contributed by atoms with Crippen LogP contribution < -0.4 is 14.8 Å². The van der Waals surface area contributed by atoms with Crippen molar-refractivity contribution < 1.29 is 23.9 Å². The Balaban J connectivity index is 1.41. The minimum atomic E-state index is -0.509. The minimum absolute atomic E-state index is 0.237. The van der Waals surface area contributed by atoms with E-state index in [2.05, 4.69) is 11.4 Å². The van der Waals surface area contributed by atoms with Gasteiger partial charge in [-0.2, -0.15) is 0 Å². The van der Waals surface area contributed by atoms with Gasteiger partial charge in [-0.05, 0) is 72.1 Å². The van der Waals surface area contributed by atoms with Gasteiger partial charge in [-0.15, -0.1) is 0 Å². The van der Waals surface area contributed by atoms with E-state index in [0.29, 0.717) is 29.4 Å². The molecule has 37 heavy (non-hydrogen) atoms. The summed E-state index contributed by atoms with van der Waals surface area (Å²) in [6, 6.07) is 20.8. The van der Waals surface area contributed by atoms with Crippen LogP contribution in [0, 0.1) is 6.92 Å². The van der Waals surface area contributed by atoms with Crippen molar-refractivity contribution in [1.29, 1.82) is 0 Å². The van der Waals surface area contributed by atoms with Crippen molar-refractivity contribution in [3.8, 4) is 11.5 Å². The van der Waals surface area contributed by atoms with E-state index in [-0.39, 0.29) is 11.4 Å². The zero-order valence-corrected chi connectivity index (χ0v) is 21.8. The maximum absolute atomic E-state index is 12.9. The molecule has 7 nitrogen and oxygen atoms in total. The summed E-state index contributed by atoms with van der Waals surface area (Å²) >= 11 is 0.803. The zero-order valence-electron chi connectivity index (χ0n) is 20.9. The van der Waals surface area contributed by atoms with Crippen molar-refractivity contribution in [2.24, 2.45) is 0 Å². The number of benzene rings is 3. The Morgan fingerprint density at radius 2 is 1.78 bits per heavy atom. The van der Waals surface area contributed by atoms with Crippen LogP contribution in [0.25, 0.3) is 6.08 Å². The fourth-order valence-corrected chi connectivity index (χ4v) is 4.65. The molecule has 1 aliphatic rings. The van der Waals surface area contributed by atoms with Crippen LogP contribution in [0.15, 0.2) is 71.6 Å². The van der Waals surface area contributed by atoms with E-state index in [9.17, 15) is 14.4 Å². The maximum atomic E-state index is 12.9. The lowest BCUT2D eigenvalue weighted by atomic mass is 10.1. The molecule has 1 fully saturated rings. The first-order chi connectivity index (χ1) is 17.9. The monoisotopic (exact) mass is 516 g/mol. The molecule has 1 heterocycles. The minimum Gasteiger partial charge on any atom is -0.493 e. The lowest BCUT2D eigenvalue weighted by Gasteiger charge is -2.13. The number of aryl methyl sites for hydroxylation is 2. The third kappa shape index (κ3) is 6.59. The van der Waals surface area contributed by atoms with Gasteiger partial charge < -0.3 is 14.8 Å². The first-order valence-corrected chi connectivity index (χ1v) is 12.7. The Kier molecular flexibility index (Phi) is 8.30. The highest BCUT2D eigenvalue weighted by atomic mass is 32.2. The lowest BCUT2D eigenvalue weighted by Crippen LogP contribution is -2.36. The number of nitrogens with one attached hydrogen (secondary N) is 1. The third-order valence-electron chi connectivity index (χ3n) is 5.78. The topological polar surface area (TPSA) is 84.9 Å². The van der Waals surface area contributed by atoms with Crippen LogP contribution in [0.1, 0.15) is 29.2 Å². The molecule has 1 aliphatic heterocycles. The number of hydrogen-bond acceptors (Lipinski definition) is 6. The number of nitrogens with zero attached hydrogens (tertiary/aromatic N) is 1. The van der Waals surface area contributed by atoms with E-state index in [1.807, 2.05) is 44.2 Å². The van der Waals surface area contributed by atoms with Crippen LogP contribution in [0.4, 0.5) is 10.5 Å². The Labute approximate surface area is 220 Å². The third-order valence-corrected chi connectivity index (χ3v) is 6.69. The van der Waals surface area contributed by atoms with Crippen molar-refractivity contribution in [3.05, 3.63) is 93.9 Å². The summed E-state index contributed by atoms with van der Waals surface area (Å²) in [5.41, 5.74) is 4.63. The SMILES string of the molecule is CCc1ccc(NC(=O)CN2C(=O)S/C(=C\c3ccc(OCc4cccc(C)c4)c(OC)c3)C2=O)cc1. The van der Waals surface area contributed by atoms with Crippen LogP contribution in [-0.2, 0) is 22.6 Å². The zero-order chi connectivity index (χ0) is 26.4. The van der Waals surface area contributed by atoms with Gasteiger partial charge in [-0.25, -0.2) is 0 Å². The van der Waals surface area contributed by atoms with Gasteiger partial charge in [0.2, 0.25) is 5.91 Å². The fourth-order valence-electron chi connectivity index (χ4n) is 3.81. The average molecular weight is 517 g/mol. The van der Waals surface area contributed by atoms with Crippen LogP contribution in [0.3, 0.4) is 0 Å². The van der Waals surface area contributed by atoms with E-state index < -0.39 is 17.1 Å². The molecule has 0 aliphatic carbocycles. The molecule has 8 heteroatoms. The molecule has 0 radical (unpaired) electrons. The quantitative estimate of drug-likeness (QED) is 0.361. The second-order valence-corrected chi connectivity index (χ2v) is 9.55. The number of imide groups is 1. The molecule has 4 rings (SSSR count). The molecule has 3 aromatic rings. The smallest absolute Gasteiger partial charge is 0.294 e. The summed E-state index contributed by atoms with van der Waals surface area (Å²) in [6.07, 6.45) is 2.51. The molecule has 190 valence electrons. The van der Waals surface area contributed by atoms with Crippen molar-refractivity contribution in [3.63, 3.8) is 0 Å². The summed E-state index contributed by atoms with van der Waals surface area (Å²) in [5, 5.41) is 2.24. The van der Waals surface area contributed by atoms with E-state index in [1.54, 1.807) is 43.5 Å². The summed E-state index contributed by atoms with van der Waals surface area (Å²) in [4.78, 5) is 39.0. The molecule has 0 aromatic heterocycles. The number of amides is 3. The van der Waals surface area contributed by atoms with Crippen LogP contribution >= 0.6 is 11.8 Å². The fraction of sp³-hybridized carbons (Fsp3) is 0.207. The van der Waals surface area contributed by atoms with Crippen LogP contribution in [0.2, 0.25) is 0 Å². The molecule has 1 N–H and O–H groups in total. The molecule has 0 unspecified atom stereocenters. The van der Waals surface area contributed by atoms with Crippen LogP contribution in [-0.4, -0.2) is 35.6 Å². The van der Waals surface area contributed by atoms with E-state index in [0.717, 1.165) is 39.8 Å². The number of thioether (sulfide) groups is 1. The first-order valence-electron chi connectivity index (χ1n) is 11.9. The largest absolute Gasteiger partial charge is 0.493 e. The number of carbonyl (C=O) groups is 3. The number of anilines is 1. The molecular weight excluding hydrogens is 488 g/mol. The predicted octanol–water partition coefficient (Wildman–Crippen LogP) is 5.82. The van der Waals surface area contributed by atoms with E-state index in [4.69, 9.17) is 9.47 Å². The number of carbonyl (C=O) groups excluding carboxylic acids is 3. The number of ether oxygens (including phenoxy) is 2. The van der Waals surface area contributed by atoms with Gasteiger partial charge in [-0.1, -0.05) is 55.0 Å². The van der Waals surface area contributed by atoms with Gasteiger partial charge in [0.1, 0.15) is 13.2 Å². The molecule has 1 saturated heterocycles. The average Bonchev–Trinajstić information content (AvgIpc) is 3.15. The van der Waals surface area contributed by atoms with E-state index >= 15 is 0 Å². The van der Waals surface area contributed by atoms with Gasteiger partial charge in [0.25, 0.3) is 11.1 Å². The van der Waals surface area contributed by atoms with Gasteiger partial charge in [0.05, 0.1) is 12.0 Å². The molecule has 0 saturated carbocycles. The number of rotatable bonds is 9. The van der Waals surface area contributed by atoms with Gasteiger partial charge in [0.15, 0.2) is 11.5 Å². The Morgan fingerprint density at radius 1 is 1.00 bits per heavy atom. The normalized spacial score (nSPS) is 14.2. The highest BCUT2D eigenvalue weighted by Gasteiger charge is 2.36. The molecule has 0 bridgehead atoms. The van der Waals surface area contributed by atoms with Crippen LogP contribution in [0.5, 0.6) is 11.5 Å². The highest BCUT2D eigenvalue weighted by molar-refractivity contribution is 8.18. The van der Waals surface area contributed by atoms with Crippen molar-refractivity contribution in [2.75, 3.05) is 19.0 Å². The summed E-state index contributed by atoms with van der Waals surface area (Å²) in [6.45, 7) is 4.11. The Bertz CT molecular complexity index is 1350. The summed E-state index contributed by atoms with van der Waals surface area (Å²) in [5.74, 6) is 0.127. The molecule has 0 atom stereocenters. The van der Waals surface area contributed by atoms with Gasteiger partial charge in [-0.3, -0.25) is 19.3 Å². The standard InChI is InChI=1S/C29H28N2O5S/c1-4-20-8-11-23(12-9-20)30-27(32)17-31-28(33)26(37-29(31)34)16-21-10-13-24(25(15-21)35-3)36-18-22-7-5-6-19(2)14-22/h5-16H,4,17-18H2,1-3H3,(H,30,32)/b26-16-. The summed E-state index contributed by atoms with van der Waals surface area (Å²) in [7, 11) is 1.54. The van der Waals surface area contributed by atoms with Crippen molar-refractivity contribution >= 4 is 40.6 Å². The molecular formula is C29H28N2O5S. The lowest BCUT2D eigenvalue weighted by molar-refractivity contribution is -0.127. The second kappa shape index (κ2) is 11.8. The first kappa shape index (κ1) is 26.0. The second-order valence-electron chi connectivity index (χ2n) is 8.55. The van der Waals surface area contributed by atoms with Crippen molar-refractivity contribution in [1.82, 2.24) is 4.90 Å². The van der Waals surface area contributed by atoms with Gasteiger partial charge >= 0.3 is 0 Å². The molecule has 3 aromatic carbocycles. The summed E-state index contributed by atoms with van der Waals surface area (Å²) < 4.78 is 11.4. The predicted molar refractivity (Wildman–Crippen MR) is 146 cm³/mol. The van der Waals surface area contributed by atoms with E-state index in [1.165, 1.54) is 0 Å². The Morgan fingerprint density at radius 3 is 2.49 bits per heavy atom. The molecule has 3 amide bonds. The maximum Gasteiger partial charge on any atom is 0.294 e. The van der Waals surface area contributed by atoms with Crippen molar-refractivity contribution in [2.45, 2.75) is 26.9 Å².